The van der Waals surface area contributed by atoms with Gasteiger partial charge in [0.25, 0.3) is 0 Å². The molecule has 3 spiro atoms. The van der Waals surface area contributed by atoms with Gasteiger partial charge in [-0.1, -0.05) is 218 Å². The summed E-state index contributed by atoms with van der Waals surface area (Å²) < 4.78 is 0. The van der Waals surface area contributed by atoms with Crippen LogP contribution in [0.25, 0.3) is 98.0 Å². The molecule has 0 aromatic heterocycles. The maximum absolute atomic E-state index is 16.5. The lowest BCUT2D eigenvalue weighted by Gasteiger charge is -2.40. The summed E-state index contributed by atoms with van der Waals surface area (Å²) in [5, 5.41) is 24.3. The fraction of sp³-hybridized carbons (Fsp3) is 0.160. The molecule has 0 unspecified atom stereocenters. The molecular weight excluding hydrogens is 991 g/mol. The van der Waals surface area contributed by atoms with Crippen LogP contribution in [0.4, 0.5) is 0 Å². The number of rotatable bonds is 0. The Labute approximate surface area is 469 Å². The number of carbonyl (C=O) groups is 3. The van der Waals surface area contributed by atoms with Crippen LogP contribution in [-0.2, 0) is 52.9 Å². The van der Waals surface area contributed by atoms with Crippen LogP contribution in [0.3, 0.4) is 0 Å². The van der Waals surface area contributed by atoms with Gasteiger partial charge in [0.1, 0.15) is 0 Å². The summed E-state index contributed by atoms with van der Waals surface area (Å²) in [5.41, 5.74) is 9.52. The summed E-state index contributed by atoms with van der Waals surface area (Å²) in [5.74, 6) is -0.539. The molecule has 3 amide bonds. The molecule has 1 heterocycles. The monoisotopic (exact) mass is 1050 g/mol. The van der Waals surface area contributed by atoms with E-state index in [1.807, 2.05) is 0 Å². The number of amides is 3. The van der Waals surface area contributed by atoms with E-state index in [2.05, 4.69) is 234 Å². The van der Waals surface area contributed by atoms with Crippen LogP contribution in [0.2, 0.25) is 0 Å². The largest absolute Gasteiger partial charge is 0.354 e. The van der Waals surface area contributed by atoms with Gasteiger partial charge in [-0.3, -0.25) is 14.4 Å². The summed E-state index contributed by atoms with van der Waals surface area (Å²) in [6.07, 6.45) is 2.18. The Kier molecular flexibility index (Phi) is 10.6. The molecule has 16 rings (SSSR count). The molecule has 0 radical (unpaired) electrons. The van der Waals surface area contributed by atoms with Crippen molar-refractivity contribution in [3.63, 3.8) is 0 Å². The average molecular weight is 1050 g/mol. The second-order valence-corrected chi connectivity index (χ2v) is 23.9. The van der Waals surface area contributed by atoms with Gasteiger partial charge in [0.05, 0.1) is 16.2 Å². The highest BCUT2D eigenvalue weighted by atomic mass is 16.2. The predicted molar refractivity (Wildman–Crippen MR) is 329 cm³/mol. The van der Waals surface area contributed by atoms with Crippen LogP contribution in [0, 0.1) is 16.2 Å². The molecule has 6 heteroatoms. The molecule has 12 aromatic rings. The predicted octanol–water partition coefficient (Wildman–Crippen LogP) is 14.6. The number of carbonyl (C=O) groups excluding carboxylic acids is 3. The first-order valence-corrected chi connectivity index (χ1v) is 28.7. The second-order valence-electron chi connectivity index (χ2n) is 23.9. The molecule has 1 fully saturated rings. The van der Waals surface area contributed by atoms with Crippen LogP contribution in [0.15, 0.2) is 218 Å². The Bertz CT molecular complexity index is 3970. The fourth-order valence-corrected chi connectivity index (χ4v) is 15.3. The summed E-state index contributed by atoms with van der Waals surface area (Å²) >= 11 is 0. The molecular formula is C75H57N3O3. The molecule has 81 heavy (non-hydrogen) atoms. The van der Waals surface area contributed by atoms with Crippen molar-refractivity contribution in [1.82, 2.24) is 16.0 Å². The van der Waals surface area contributed by atoms with Gasteiger partial charge >= 0.3 is 0 Å². The summed E-state index contributed by atoms with van der Waals surface area (Å²) in [4.78, 5) is 49.4. The zero-order valence-corrected chi connectivity index (χ0v) is 44.9. The van der Waals surface area contributed by atoms with Crippen molar-refractivity contribution < 1.29 is 14.4 Å². The number of hydrogen-bond acceptors (Lipinski definition) is 3. The minimum absolute atomic E-state index is 0.0810. The molecule has 3 aliphatic carbocycles. The third-order valence-electron chi connectivity index (χ3n) is 19.2. The van der Waals surface area contributed by atoms with E-state index < -0.39 is 16.2 Å². The van der Waals surface area contributed by atoms with E-state index in [0.29, 0.717) is 38.5 Å². The summed E-state index contributed by atoms with van der Waals surface area (Å²) in [7, 11) is 0. The van der Waals surface area contributed by atoms with E-state index in [4.69, 9.17) is 0 Å². The molecule has 4 aliphatic rings. The molecule has 0 saturated carbocycles. The van der Waals surface area contributed by atoms with Crippen molar-refractivity contribution in [3.8, 4) is 33.4 Å². The van der Waals surface area contributed by atoms with E-state index >= 15 is 14.4 Å². The van der Waals surface area contributed by atoms with E-state index in [9.17, 15) is 0 Å². The zero-order chi connectivity index (χ0) is 54.0. The van der Waals surface area contributed by atoms with Crippen LogP contribution in [-0.4, -0.2) is 37.4 Å². The van der Waals surface area contributed by atoms with Gasteiger partial charge in [-0.2, -0.15) is 0 Å². The number of benzene rings is 12. The average Bonchev–Trinajstić information content (AvgIpc) is 3.35. The SMILES string of the molecule is O=C1NCC2(Cc3ccc4ccccc4c3-c3c(ccc4ccccc34)C2)C(=O)NCC2(Cc3ccc4ccccc4c3-c3c(ccc4ccccc34)C2)C(=O)NCC12Cc1ccc3ccccc3c1-c1c(ccc3ccccc13)C2. The summed E-state index contributed by atoms with van der Waals surface area (Å²) in [6, 6.07) is 77.6. The standard InChI is InChI=1S/C75H57N3O3/c79-70-73(37-52-31-25-46-13-1-7-19-58(46)64(52)65-53(38-73)32-26-47-14-2-8-20-59(47)65)43-76-71(80)75(41-56-35-29-50-17-5-11-23-62(50)68(56)69-57(42-75)36-30-51-18-6-12-24-63(51)69)45-78-72(81)74(44-77-70)39-54-33-27-48-15-3-9-21-60(48)66(54)67-55(40-74)34-28-49-16-4-10-22-61(49)67/h1-36H,37-45H2,(H,76,80)(H,77,79)(H,78,81). The second kappa shape index (κ2) is 18.1. The number of hydrogen-bond donors (Lipinski definition) is 3. The van der Waals surface area contributed by atoms with Crippen molar-refractivity contribution in [2.75, 3.05) is 19.6 Å². The van der Waals surface area contributed by atoms with Crippen molar-refractivity contribution in [1.29, 1.82) is 0 Å². The molecule has 1 saturated heterocycles. The number of nitrogens with one attached hydrogen (secondary N) is 3. The minimum atomic E-state index is -1.18. The quantitative estimate of drug-likeness (QED) is 0.141. The van der Waals surface area contributed by atoms with E-state index in [1.165, 1.54) is 0 Å². The lowest BCUT2D eigenvalue weighted by molar-refractivity contribution is -0.138. The first-order chi connectivity index (χ1) is 39.8. The van der Waals surface area contributed by atoms with Crippen molar-refractivity contribution in [2.45, 2.75) is 38.5 Å². The van der Waals surface area contributed by atoms with Gasteiger partial charge in [-0.05, 0) is 170 Å². The highest BCUT2D eigenvalue weighted by Gasteiger charge is 2.51. The maximum atomic E-state index is 16.5. The third kappa shape index (κ3) is 7.35. The van der Waals surface area contributed by atoms with Crippen molar-refractivity contribution in [2.24, 2.45) is 16.2 Å². The molecule has 0 bridgehead atoms. The Hall–Kier alpha value is -9.39. The normalized spacial score (nSPS) is 17.1. The van der Waals surface area contributed by atoms with Crippen LogP contribution < -0.4 is 16.0 Å². The molecule has 6 nitrogen and oxygen atoms in total. The smallest absolute Gasteiger partial charge is 0.228 e. The molecule has 1 aliphatic heterocycles. The molecule has 3 N–H and O–H groups in total. The fourth-order valence-electron chi connectivity index (χ4n) is 15.3. The first-order valence-electron chi connectivity index (χ1n) is 28.7. The minimum Gasteiger partial charge on any atom is -0.354 e. The van der Waals surface area contributed by atoms with Crippen LogP contribution in [0.5, 0.6) is 0 Å². The van der Waals surface area contributed by atoms with E-state index in [1.54, 1.807) is 0 Å². The van der Waals surface area contributed by atoms with Crippen molar-refractivity contribution >= 4 is 82.4 Å². The van der Waals surface area contributed by atoms with Crippen LogP contribution >= 0.6 is 0 Å². The first kappa shape index (κ1) is 47.6. The van der Waals surface area contributed by atoms with E-state index in [0.717, 1.165) is 131 Å². The molecule has 390 valence electrons. The lowest BCUT2D eigenvalue weighted by Crippen LogP contribution is -2.61. The topological polar surface area (TPSA) is 87.3 Å². The van der Waals surface area contributed by atoms with Crippen LogP contribution in [0.1, 0.15) is 33.4 Å². The lowest BCUT2D eigenvalue weighted by atomic mass is 9.72. The number of fused-ring (bicyclic) bond motifs is 21. The van der Waals surface area contributed by atoms with Gasteiger partial charge in [0.2, 0.25) is 17.7 Å². The van der Waals surface area contributed by atoms with Gasteiger partial charge in [-0.15, -0.1) is 0 Å². The third-order valence-corrected chi connectivity index (χ3v) is 19.2. The Morgan fingerprint density at radius 2 is 0.395 bits per heavy atom. The van der Waals surface area contributed by atoms with Gasteiger partial charge < -0.3 is 16.0 Å². The maximum Gasteiger partial charge on any atom is 0.228 e. The van der Waals surface area contributed by atoms with Gasteiger partial charge in [0.15, 0.2) is 0 Å². The molecule has 12 aromatic carbocycles. The zero-order valence-electron chi connectivity index (χ0n) is 44.9. The van der Waals surface area contributed by atoms with E-state index in [-0.39, 0.29) is 37.4 Å². The Balaban J connectivity index is 0.925. The van der Waals surface area contributed by atoms with Gasteiger partial charge in [0, 0.05) is 19.6 Å². The summed E-state index contributed by atoms with van der Waals surface area (Å²) in [6.45, 7) is 0.243. The molecule has 0 atom stereocenters. The van der Waals surface area contributed by atoms with Crippen molar-refractivity contribution in [3.05, 3.63) is 252 Å². The highest BCUT2D eigenvalue weighted by Crippen LogP contribution is 2.51. The Morgan fingerprint density at radius 3 is 0.580 bits per heavy atom. The van der Waals surface area contributed by atoms with Gasteiger partial charge in [-0.25, -0.2) is 0 Å². The Morgan fingerprint density at radius 1 is 0.222 bits per heavy atom. The highest BCUT2D eigenvalue weighted by molar-refractivity contribution is 6.12.